The molecule has 0 aliphatic carbocycles. The third-order valence-electron chi connectivity index (χ3n) is 4.55. The minimum atomic E-state index is 0.0770. The molecule has 1 aromatic carbocycles. The summed E-state index contributed by atoms with van der Waals surface area (Å²) in [5, 5.41) is 0.963. The average molecular weight is 357 g/mol. The van der Waals surface area contributed by atoms with Crippen molar-refractivity contribution in [3.63, 3.8) is 0 Å². The van der Waals surface area contributed by atoms with E-state index < -0.39 is 0 Å². The third-order valence-corrected chi connectivity index (χ3v) is 5.75. The molecule has 0 atom stereocenters. The van der Waals surface area contributed by atoms with Crippen LogP contribution in [0.4, 0.5) is 0 Å². The zero-order valence-corrected chi connectivity index (χ0v) is 15.7. The van der Waals surface area contributed by atoms with Crippen LogP contribution in [0.25, 0.3) is 10.6 Å². The Morgan fingerprint density at radius 3 is 2.44 bits per heavy atom. The van der Waals surface area contributed by atoms with E-state index in [1.54, 1.807) is 23.2 Å². The summed E-state index contributed by atoms with van der Waals surface area (Å²) >= 11 is 1.60. The molecule has 2 amide bonds. The molecule has 1 aromatic heterocycles. The van der Waals surface area contributed by atoms with E-state index >= 15 is 0 Å². The van der Waals surface area contributed by atoms with Crippen molar-refractivity contribution in [2.45, 2.75) is 27.2 Å². The number of thiazole rings is 1. The first-order valence-electron chi connectivity index (χ1n) is 8.50. The van der Waals surface area contributed by atoms with E-state index in [0.29, 0.717) is 32.6 Å². The van der Waals surface area contributed by atoms with Gasteiger partial charge in [-0.2, -0.15) is 0 Å². The number of carbonyl (C=O) groups excluding carboxylic acids is 2. The molecule has 1 fully saturated rings. The van der Waals surface area contributed by atoms with Crippen molar-refractivity contribution in [2.75, 3.05) is 26.2 Å². The quantitative estimate of drug-likeness (QED) is 0.849. The molecular formula is C19H23N3O2S. The smallest absolute Gasteiger partial charge is 0.228 e. The Bertz CT molecular complexity index is 792. The highest BCUT2D eigenvalue weighted by molar-refractivity contribution is 7.15. The van der Waals surface area contributed by atoms with E-state index in [0.717, 1.165) is 21.1 Å². The number of piperazine rings is 1. The number of benzene rings is 1. The largest absolute Gasteiger partial charge is 0.339 e. The maximum Gasteiger partial charge on any atom is 0.228 e. The Morgan fingerprint density at radius 2 is 1.80 bits per heavy atom. The van der Waals surface area contributed by atoms with E-state index in [4.69, 9.17) is 0 Å². The average Bonchev–Trinajstić information content (AvgIpc) is 2.96. The Hall–Kier alpha value is -2.21. The monoisotopic (exact) mass is 357 g/mol. The van der Waals surface area contributed by atoms with Gasteiger partial charge in [0.1, 0.15) is 5.01 Å². The molecule has 0 N–H and O–H groups in total. The molecule has 2 heterocycles. The highest BCUT2D eigenvalue weighted by Gasteiger charge is 2.23. The summed E-state index contributed by atoms with van der Waals surface area (Å²) in [6.45, 7) is 8.07. The molecule has 2 aromatic rings. The summed E-state index contributed by atoms with van der Waals surface area (Å²) in [5.74, 6) is 0.193. The molecule has 0 bridgehead atoms. The van der Waals surface area contributed by atoms with Crippen LogP contribution in [0.15, 0.2) is 24.3 Å². The van der Waals surface area contributed by atoms with Gasteiger partial charge in [-0.05, 0) is 19.9 Å². The normalized spacial score (nSPS) is 14.7. The second-order valence-electron chi connectivity index (χ2n) is 6.46. The minimum absolute atomic E-state index is 0.0770. The van der Waals surface area contributed by atoms with Crippen molar-refractivity contribution >= 4 is 23.2 Å². The van der Waals surface area contributed by atoms with Crippen LogP contribution in [0.5, 0.6) is 0 Å². The van der Waals surface area contributed by atoms with E-state index in [1.807, 2.05) is 17.9 Å². The molecular weight excluding hydrogens is 334 g/mol. The number of nitrogens with zero attached hydrogens (tertiary/aromatic N) is 3. The number of hydrogen-bond acceptors (Lipinski definition) is 4. The zero-order chi connectivity index (χ0) is 18.0. The molecule has 1 aliphatic heterocycles. The van der Waals surface area contributed by atoms with Crippen molar-refractivity contribution < 1.29 is 9.59 Å². The van der Waals surface area contributed by atoms with Gasteiger partial charge in [-0.3, -0.25) is 9.59 Å². The number of aryl methyl sites for hydroxylation is 2. The highest BCUT2D eigenvalue weighted by atomic mass is 32.1. The third kappa shape index (κ3) is 4.07. The van der Waals surface area contributed by atoms with Gasteiger partial charge in [-0.1, -0.05) is 23.8 Å². The van der Waals surface area contributed by atoms with Crippen LogP contribution in [0.2, 0.25) is 0 Å². The molecule has 3 rings (SSSR count). The second-order valence-corrected chi connectivity index (χ2v) is 7.54. The number of carbonyl (C=O) groups is 2. The summed E-state index contributed by atoms with van der Waals surface area (Å²) in [6.07, 6.45) is 0.384. The fourth-order valence-corrected chi connectivity index (χ4v) is 4.06. The fraction of sp³-hybridized carbons (Fsp3) is 0.421. The van der Waals surface area contributed by atoms with Crippen LogP contribution >= 0.6 is 11.3 Å². The standard InChI is InChI=1S/C19H23N3O2S/c1-13-5-4-6-16(11-13)19-20-14(2)17(25-19)12-18(24)22-9-7-21(8-10-22)15(3)23/h4-6,11H,7-10,12H2,1-3H3. The van der Waals surface area contributed by atoms with Crippen molar-refractivity contribution in [3.05, 3.63) is 40.4 Å². The van der Waals surface area contributed by atoms with Gasteiger partial charge in [-0.15, -0.1) is 11.3 Å². The molecule has 0 radical (unpaired) electrons. The fourth-order valence-electron chi connectivity index (χ4n) is 3.01. The summed E-state index contributed by atoms with van der Waals surface area (Å²) in [7, 11) is 0. The lowest BCUT2D eigenvalue weighted by atomic mass is 10.1. The first-order chi connectivity index (χ1) is 11.9. The van der Waals surface area contributed by atoms with Crippen LogP contribution in [0.1, 0.15) is 23.1 Å². The van der Waals surface area contributed by atoms with Gasteiger partial charge in [0.05, 0.1) is 12.1 Å². The van der Waals surface area contributed by atoms with Gasteiger partial charge >= 0.3 is 0 Å². The lowest BCUT2D eigenvalue weighted by Crippen LogP contribution is -2.50. The van der Waals surface area contributed by atoms with Crippen LogP contribution in [0, 0.1) is 13.8 Å². The van der Waals surface area contributed by atoms with Gasteiger partial charge in [0.2, 0.25) is 11.8 Å². The highest BCUT2D eigenvalue weighted by Crippen LogP contribution is 2.29. The van der Waals surface area contributed by atoms with Gasteiger partial charge < -0.3 is 9.80 Å². The predicted molar refractivity (Wildman–Crippen MR) is 99.6 cm³/mol. The number of aromatic nitrogens is 1. The Labute approximate surface area is 152 Å². The van der Waals surface area contributed by atoms with Gasteiger partial charge in [0.25, 0.3) is 0 Å². The van der Waals surface area contributed by atoms with Crippen molar-refractivity contribution in [3.8, 4) is 10.6 Å². The van der Waals surface area contributed by atoms with E-state index in [2.05, 4.69) is 30.1 Å². The summed E-state index contributed by atoms with van der Waals surface area (Å²) in [6, 6.07) is 8.26. The SMILES string of the molecule is CC(=O)N1CCN(C(=O)Cc2sc(-c3cccc(C)c3)nc2C)CC1. The molecule has 0 spiro atoms. The molecule has 132 valence electrons. The van der Waals surface area contributed by atoms with Crippen LogP contribution in [0.3, 0.4) is 0 Å². The molecule has 0 saturated carbocycles. The van der Waals surface area contributed by atoms with Crippen molar-refractivity contribution in [1.29, 1.82) is 0 Å². The molecule has 1 aliphatic rings. The van der Waals surface area contributed by atoms with E-state index in [-0.39, 0.29) is 11.8 Å². The molecule has 1 saturated heterocycles. The van der Waals surface area contributed by atoms with Crippen LogP contribution in [-0.2, 0) is 16.0 Å². The minimum Gasteiger partial charge on any atom is -0.339 e. The Kier molecular flexibility index (Phi) is 5.18. The lowest BCUT2D eigenvalue weighted by Gasteiger charge is -2.34. The van der Waals surface area contributed by atoms with Gasteiger partial charge in [0.15, 0.2) is 0 Å². The maximum absolute atomic E-state index is 12.6. The Morgan fingerprint density at radius 1 is 1.12 bits per heavy atom. The van der Waals surface area contributed by atoms with Crippen molar-refractivity contribution in [1.82, 2.24) is 14.8 Å². The first-order valence-corrected chi connectivity index (χ1v) is 9.32. The number of rotatable bonds is 3. The van der Waals surface area contributed by atoms with Crippen LogP contribution < -0.4 is 0 Å². The summed E-state index contributed by atoms with van der Waals surface area (Å²) in [5.41, 5.74) is 3.23. The second kappa shape index (κ2) is 7.35. The molecule has 25 heavy (non-hydrogen) atoms. The molecule has 0 unspecified atom stereocenters. The van der Waals surface area contributed by atoms with Crippen LogP contribution in [-0.4, -0.2) is 52.8 Å². The Balaban J connectivity index is 1.67. The van der Waals surface area contributed by atoms with E-state index in [9.17, 15) is 9.59 Å². The molecule has 6 heteroatoms. The first kappa shape index (κ1) is 17.6. The van der Waals surface area contributed by atoms with Gasteiger partial charge in [-0.25, -0.2) is 4.98 Å². The lowest BCUT2D eigenvalue weighted by molar-refractivity contribution is -0.137. The number of hydrogen-bond donors (Lipinski definition) is 0. The maximum atomic E-state index is 12.6. The van der Waals surface area contributed by atoms with Crippen molar-refractivity contribution in [2.24, 2.45) is 0 Å². The topological polar surface area (TPSA) is 53.5 Å². The van der Waals surface area contributed by atoms with Gasteiger partial charge in [0, 0.05) is 43.5 Å². The zero-order valence-electron chi connectivity index (χ0n) is 14.9. The molecule has 5 nitrogen and oxygen atoms in total. The summed E-state index contributed by atoms with van der Waals surface area (Å²) < 4.78 is 0. The summed E-state index contributed by atoms with van der Waals surface area (Å²) in [4.78, 5) is 33.3. The predicted octanol–water partition coefficient (Wildman–Crippen LogP) is 2.66. The number of amides is 2. The van der Waals surface area contributed by atoms with E-state index in [1.165, 1.54) is 5.56 Å².